The maximum Gasteiger partial charge on any atom is 0.289 e. The minimum Gasteiger partial charge on any atom is -0.300 e. The molecule has 2 aromatic rings. The number of H-pyrrole nitrogens is 1. The quantitative estimate of drug-likeness (QED) is 0.812. The van der Waals surface area contributed by atoms with Gasteiger partial charge in [0.05, 0.1) is 5.39 Å². The lowest BCUT2D eigenvalue weighted by Gasteiger charge is -2.04. The Morgan fingerprint density at radius 3 is 2.94 bits per heavy atom. The van der Waals surface area contributed by atoms with Gasteiger partial charge in [-0.3, -0.25) is 24.5 Å². The number of aromatic amines is 1. The summed E-state index contributed by atoms with van der Waals surface area (Å²) >= 11 is 0. The van der Waals surface area contributed by atoms with E-state index in [9.17, 15) is 14.4 Å². The Labute approximate surface area is 95.9 Å². The number of hydrogen-bond acceptors (Lipinski definition) is 4. The van der Waals surface area contributed by atoms with Crippen molar-refractivity contribution < 1.29 is 4.79 Å². The topological polar surface area (TPSA) is 84.8 Å². The standard InChI is InChI=1S/C11H11N3O3/c1-7(15)4-6-14-11(17)8-3-2-5-12-9(8)10(16)13-14/h2-3,5H,4,6H2,1H3,(H,13,16). The number of fused-ring (bicyclic) bond motifs is 1. The smallest absolute Gasteiger partial charge is 0.289 e. The number of aromatic nitrogens is 3. The van der Waals surface area contributed by atoms with Crippen molar-refractivity contribution in [2.45, 2.75) is 19.9 Å². The van der Waals surface area contributed by atoms with E-state index in [1.807, 2.05) is 0 Å². The van der Waals surface area contributed by atoms with Crippen LogP contribution in [0.1, 0.15) is 13.3 Å². The molecule has 0 saturated heterocycles. The second-order valence-corrected chi connectivity index (χ2v) is 3.75. The molecule has 0 saturated carbocycles. The SMILES string of the molecule is CC(=O)CCn1[nH]c(=O)c2ncccc2c1=O. The molecule has 0 aromatic carbocycles. The molecule has 0 atom stereocenters. The van der Waals surface area contributed by atoms with E-state index in [2.05, 4.69) is 10.1 Å². The van der Waals surface area contributed by atoms with Gasteiger partial charge in [-0.2, -0.15) is 0 Å². The largest absolute Gasteiger partial charge is 0.300 e. The maximum atomic E-state index is 11.9. The molecule has 0 unspecified atom stereocenters. The molecular formula is C11H11N3O3. The second-order valence-electron chi connectivity index (χ2n) is 3.75. The number of pyridine rings is 1. The first-order valence-corrected chi connectivity index (χ1v) is 5.17. The summed E-state index contributed by atoms with van der Waals surface area (Å²) in [5.41, 5.74) is -0.644. The highest BCUT2D eigenvalue weighted by molar-refractivity contribution is 5.76. The molecule has 1 N–H and O–H groups in total. The predicted octanol–water partition coefficient (Wildman–Crippen LogP) is 0.0639. The minimum absolute atomic E-state index is 0.0379. The van der Waals surface area contributed by atoms with Gasteiger partial charge in [-0.1, -0.05) is 0 Å². The Bertz CT molecular complexity index is 684. The number of nitrogens with zero attached hydrogens (tertiary/aromatic N) is 2. The maximum absolute atomic E-state index is 11.9. The molecule has 0 radical (unpaired) electrons. The van der Waals surface area contributed by atoms with E-state index in [0.29, 0.717) is 0 Å². The van der Waals surface area contributed by atoms with E-state index in [0.717, 1.165) is 4.68 Å². The van der Waals surface area contributed by atoms with Crippen LogP contribution in [0.2, 0.25) is 0 Å². The fourth-order valence-electron chi connectivity index (χ4n) is 1.56. The van der Waals surface area contributed by atoms with Crippen LogP contribution in [-0.2, 0) is 11.3 Å². The van der Waals surface area contributed by atoms with Crippen LogP contribution in [0.25, 0.3) is 10.9 Å². The zero-order chi connectivity index (χ0) is 12.4. The van der Waals surface area contributed by atoms with Gasteiger partial charge in [0, 0.05) is 19.2 Å². The van der Waals surface area contributed by atoms with Gasteiger partial charge < -0.3 is 0 Å². The Hall–Kier alpha value is -2.24. The van der Waals surface area contributed by atoms with Crippen LogP contribution in [-0.4, -0.2) is 20.5 Å². The molecule has 17 heavy (non-hydrogen) atoms. The Morgan fingerprint density at radius 2 is 2.24 bits per heavy atom. The Morgan fingerprint density at radius 1 is 1.47 bits per heavy atom. The average Bonchev–Trinajstić information content (AvgIpc) is 2.32. The molecule has 0 aliphatic rings. The molecule has 0 aliphatic carbocycles. The van der Waals surface area contributed by atoms with Gasteiger partial charge in [-0.05, 0) is 19.1 Å². The third-order valence-electron chi connectivity index (χ3n) is 2.42. The monoisotopic (exact) mass is 233 g/mol. The number of rotatable bonds is 3. The van der Waals surface area contributed by atoms with Crippen LogP contribution >= 0.6 is 0 Å². The van der Waals surface area contributed by atoms with Crippen molar-refractivity contribution in [3.05, 3.63) is 39.0 Å². The van der Waals surface area contributed by atoms with Gasteiger partial charge in [-0.15, -0.1) is 0 Å². The molecule has 6 heteroatoms. The van der Waals surface area contributed by atoms with E-state index in [1.54, 1.807) is 12.1 Å². The highest BCUT2D eigenvalue weighted by Gasteiger charge is 2.07. The van der Waals surface area contributed by atoms with Gasteiger partial charge in [0.15, 0.2) is 0 Å². The zero-order valence-corrected chi connectivity index (χ0v) is 9.27. The summed E-state index contributed by atoms with van der Waals surface area (Å²) in [6, 6.07) is 3.14. The third-order valence-corrected chi connectivity index (χ3v) is 2.42. The van der Waals surface area contributed by atoms with Crippen LogP contribution in [0, 0.1) is 0 Å². The van der Waals surface area contributed by atoms with Crippen molar-refractivity contribution >= 4 is 16.7 Å². The molecule has 0 bridgehead atoms. The number of carbonyl (C=O) groups is 1. The summed E-state index contributed by atoms with van der Waals surface area (Å²) in [5.74, 6) is -0.0379. The number of carbonyl (C=O) groups excluding carboxylic acids is 1. The summed E-state index contributed by atoms with van der Waals surface area (Å²) in [7, 11) is 0. The van der Waals surface area contributed by atoms with Gasteiger partial charge in [-0.25, -0.2) is 4.68 Å². The lowest BCUT2D eigenvalue weighted by Crippen LogP contribution is -2.30. The van der Waals surface area contributed by atoms with Crippen molar-refractivity contribution in [1.82, 2.24) is 14.8 Å². The summed E-state index contributed by atoms with van der Waals surface area (Å²) in [5, 5.41) is 2.67. The van der Waals surface area contributed by atoms with Gasteiger partial charge in [0.2, 0.25) is 0 Å². The van der Waals surface area contributed by atoms with Crippen LogP contribution in [0.4, 0.5) is 0 Å². The van der Waals surface area contributed by atoms with E-state index in [1.165, 1.54) is 13.1 Å². The number of hydrogen-bond donors (Lipinski definition) is 1. The number of aryl methyl sites for hydroxylation is 1. The van der Waals surface area contributed by atoms with Crippen molar-refractivity contribution in [3.8, 4) is 0 Å². The minimum atomic E-state index is -0.427. The van der Waals surface area contributed by atoms with E-state index in [4.69, 9.17) is 0 Å². The van der Waals surface area contributed by atoms with Crippen LogP contribution in [0.15, 0.2) is 27.9 Å². The first-order valence-electron chi connectivity index (χ1n) is 5.17. The normalized spacial score (nSPS) is 10.6. The fourth-order valence-corrected chi connectivity index (χ4v) is 1.56. The zero-order valence-electron chi connectivity index (χ0n) is 9.27. The Balaban J connectivity index is 2.59. The first kappa shape index (κ1) is 11.3. The van der Waals surface area contributed by atoms with Crippen molar-refractivity contribution in [3.63, 3.8) is 0 Å². The van der Waals surface area contributed by atoms with Gasteiger partial charge >= 0.3 is 0 Å². The molecule has 2 heterocycles. The molecular weight excluding hydrogens is 222 g/mol. The number of nitrogens with one attached hydrogen (secondary N) is 1. The molecule has 2 rings (SSSR count). The first-order chi connectivity index (χ1) is 8.09. The van der Waals surface area contributed by atoms with Gasteiger partial charge in [0.1, 0.15) is 11.3 Å². The van der Waals surface area contributed by atoms with Crippen LogP contribution in [0.3, 0.4) is 0 Å². The molecule has 0 amide bonds. The molecule has 0 spiro atoms. The van der Waals surface area contributed by atoms with Crippen molar-refractivity contribution in [2.24, 2.45) is 0 Å². The highest BCUT2D eigenvalue weighted by Crippen LogP contribution is 1.98. The van der Waals surface area contributed by atoms with Crippen molar-refractivity contribution in [2.75, 3.05) is 0 Å². The lowest BCUT2D eigenvalue weighted by molar-refractivity contribution is -0.117. The van der Waals surface area contributed by atoms with E-state index in [-0.39, 0.29) is 35.2 Å². The van der Waals surface area contributed by atoms with Crippen molar-refractivity contribution in [1.29, 1.82) is 0 Å². The van der Waals surface area contributed by atoms with Crippen LogP contribution < -0.4 is 11.1 Å². The van der Waals surface area contributed by atoms with Gasteiger partial charge in [0.25, 0.3) is 11.1 Å². The molecule has 88 valence electrons. The average molecular weight is 233 g/mol. The number of Topliss-reactive ketones (excluding diaryl/α,β-unsaturated/α-hetero) is 1. The lowest BCUT2D eigenvalue weighted by atomic mass is 10.3. The Kier molecular flexibility index (Phi) is 2.86. The fraction of sp³-hybridized carbons (Fsp3) is 0.273. The molecule has 0 fully saturated rings. The summed E-state index contributed by atoms with van der Waals surface area (Å²) in [6.07, 6.45) is 1.67. The molecule has 0 aliphatic heterocycles. The van der Waals surface area contributed by atoms with E-state index < -0.39 is 5.56 Å². The molecule has 2 aromatic heterocycles. The third kappa shape index (κ3) is 2.15. The summed E-state index contributed by atoms with van der Waals surface area (Å²) in [4.78, 5) is 38.3. The predicted molar refractivity (Wildman–Crippen MR) is 61.9 cm³/mol. The van der Waals surface area contributed by atoms with E-state index >= 15 is 0 Å². The second kappa shape index (κ2) is 4.32. The molecule has 6 nitrogen and oxygen atoms in total. The van der Waals surface area contributed by atoms with Crippen LogP contribution in [0.5, 0.6) is 0 Å². The number of ketones is 1. The summed E-state index contributed by atoms with van der Waals surface area (Å²) in [6.45, 7) is 1.61. The highest BCUT2D eigenvalue weighted by atomic mass is 16.2. The summed E-state index contributed by atoms with van der Waals surface area (Å²) < 4.78 is 1.15.